The standard InChI is InChI=1S/C22H21NO4S/c1-13(2)23(21(25)16-10-9-14(3)11-18(16)24)17-12-19(28-20(17)22(26)27)15-7-5-4-6-8-15/h4-13,24H,1-3H3,(H,26,27). The van der Waals surface area contributed by atoms with Crippen molar-refractivity contribution in [1.82, 2.24) is 0 Å². The van der Waals surface area contributed by atoms with Gasteiger partial charge < -0.3 is 15.1 Å². The average Bonchev–Trinajstić information content (AvgIpc) is 3.07. The quantitative estimate of drug-likeness (QED) is 0.624. The van der Waals surface area contributed by atoms with E-state index < -0.39 is 11.9 Å². The van der Waals surface area contributed by atoms with Crippen LogP contribution in [-0.4, -0.2) is 28.1 Å². The van der Waals surface area contributed by atoms with Crippen LogP contribution in [0.15, 0.2) is 54.6 Å². The molecule has 3 aromatic rings. The number of benzene rings is 2. The number of aryl methyl sites for hydroxylation is 1. The number of aromatic carboxylic acids is 1. The lowest BCUT2D eigenvalue weighted by atomic mass is 10.1. The highest BCUT2D eigenvalue weighted by molar-refractivity contribution is 7.18. The molecule has 0 aliphatic heterocycles. The third-order valence-electron chi connectivity index (χ3n) is 4.34. The molecule has 0 aliphatic rings. The van der Waals surface area contributed by atoms with Gasteiger partial charge in [0, 0.05) is 10.9 Å². The molecule has 0 atom stereocenters. The maximum atomic E-state index is 13.2. The molecule has 144 valence electrons. The summed E-state index contributed by atoms with van der Waals surface area (Å²) in [5.41, 5.74) is 2.19. The highest BCUT2D eigenvalue weighted by atomic mass is 32.1. The van der Waals surface area contributed by atoms with Crippen molar-refractivity contribution in [2.45, 2.75) is 26.8 Å². The molecule has 6 heteroatoms. The van der Waals surface area contributed by atoms with Gasteiger partial charge >= 0.3 is 5.97 Å². The SMILES string of the molecule is Cc1ccc(C(=O)N(c2cc(-c3ccccc3)sc2C(=O)O)C(C)C)c(O)c1. The third-order valence-corrected chi connectivity index (χ3v) is 5.50. The maximum absolute atomic E-state index is 13.2. The van der Waals surface area contributed by atoms with Crippen molar-refractivity contribution in [1.29, 1.82) is 0 Å². The van der Waals surface area contributed by atoms with Gasteiger partial charge in [0.05, 0.1) is 11.3 Å². The summed E-state index contributed by atoms with van der Waals surface area (Å²) in [6.07, 6.45) is 0. The van der Waals surface area contributed by atoms with E-state index in [1.54, 1.807) is 18.2 Å². The van der Waals surface area contributed by atoms with Crippen molar-refractivity contribution >= 4 is 28.9 Å². The molecule has 5 nitrogen and oxygen atoms in total. The van der Waals surface area contributed by atoms with Crippen LogP contribution in [0, 0.1) is 6.92 Å². The topological polar surface area (TPSA) is 77.8 Å². The molecule has 1 aromatic heterocycles. The summed E-state index contributed by atoms with van der Waals surface area (Å²) >= 11 is 1.13. The van der Waals surface area contributed by atoms with Crippen molar-refractivity contribution in [2.75, 3.05) is 4.90 Å². The largest absolute Gasteiger partial charge is 0.507 e. The molecule has 1 amide bonds. The van der Waals surface area contributed by atoms with Crippen LogP contribution in [0.4, 0.5) is 5.69 Å². The number of carboxylic acid groups (broad SMARTS) is 1. The zero-order valence-electron chi connectivity index (χ0n) is 15.8. The zero-order valence-corrected chi connectivity index (χ0v) is 16.7. The fourth-order valence-corrected chi connectivity index (χ4v) is 4.03. The van der Waals surface area contributed by atoms with Crippen molar-refractivity contribution in [3.8, 4) is 16.2 Å². The van der Waals surface area contributed by atoms with Gasteiger partial charge in [-0.25, -0.2) is 4.79 Å². The molecule has 2 N–H and O–H groups in total. The molecular weight excluding hydrogens is 374 g/mol. The summed E-state index contributed by atoms with van der Waals surface area (Å²) < 4.78 is 0. The van der Waals surface area contributed by atoms with Crippen LogP contribution in [-0.2, 0) is 0 Å². The Bertz CT molecular complexity index is 1020. The molecule has 0 fully saturated rings. The second kappa shape index (κ2) is 7.86. The molecule has 0 radical (unpaired) electrons. The number of hydrogen-bond donors (Lipinski definition) is 2. The van der Waals surface area contributed by atoms with E-state index in [9.17, 15) is 19.8 Å². The summed E-state index contributed by atoms with van der Waals surface area (Å²) in [7, 11) is 0. The van der Waals surface area contributed by atoms with Gasteiger partial charge in [-0.2, -0.15) is 0 Å². The Kier molecular flexibility index (Phi) is 5.51. The number of rotatable bonds is 5. The van der Waals surface area contributed by atoms with Crippen molar-refractivity contribution in [2.24, 2.45) is 0 Å². The van der Waals surface area contributed by atoms with Crippen LogP contribution in [0.3, 0.4) is 0 Å². The Labute approximate surface area is 167 Å². The Morgan fingerprint density at radius 1 is 1.04 bits per heavy atom. The van der Waals surface area contributed by atoms with Gasteiger partial charge in [-0.1, -0.05) is 36.4 Å². The van der Waals surface area contributed by atoms with Gasteiger partial charge in [-0.15, -0.1) is 11.3 Å². The smallest absolute Gasteiger partial charge is 0.348 e. The number of carbonyl (C=O) groups excluding carboxylic acids is 1. The molecule has 3 rings (SSSR count). The minimum atomic E-state index is -1.09. The van der Waals surface area contributed by atoms with E-state index in [0.29, 0.717) is 5.69 Å². The molecular formula is C22H21NO4S. The normalized spacial score (nSPS) is 10.9. The fourth-order valence-electron chi connectivity index (χ4n) is 3.03. The van der Waals surface area contributed by atoms with E-state index in [0.717, 1.165) is 27.3 Å². The van der Waals surface area contributed by atoms with Gasteiger partial charge in [0.1, 0.15) is 10.6 Å². The molecule has 0 saturated carbocycles. The monoisotopic (exact) mass is 395 g/mol. The van der Waals surface area contributed by atoms with E-state index in [-0.39, 0.29) is 22.2 Å². The molecule has 0 spiro atoms. The number of carboxylic acids is 1. The lowest BCUT2D eigenvalue weighted by Crippen LogP contribution is -2.37. The van der Waals surface area contributed by atoms with E-state index >= 15 is 0 Å². The Morgan fingerprint density at radius 3 is 2.29 bits per heavy atom. The summed E-state index contributed by atoms with van der Waals surface area (Å²) in [6.45, 7) is 5.45. The molecule has 2 aromatic carbocycles. The minimum Gasteiger partial charge on any atom is -0.507 e. The van der Waals surface area contributed by atoms with Crippen LogP contribution >= 0.6 is 11.3 Å². The highest BCUT2D eigenvalue weighted by Gasteiger charge is 2.29. The first-order valence-corrected chi connectivity index (χ1v) is 9.67. The van der Waals surface area contributed by atoms with Crippen LogP contribution < -0.4 is 4.90 Å². The van der Waals surface area contributed by atoms with Gasteiger partial charge in [-0.3, -0.25) is 4.79 Å². The summed E-state index contributed by atoms with van der Waals surface area (Å²) in [6, 6.07) is 15.7. The number of aromatic hydroxyl groups is 1. The minimum absolute atomic E-state index is 0.0903. The lowest BCUT2D eigenvalue weighted by Gasteiger charge is -2.27. The van der Waals surface area contributed by atoms with Crippen LogP contribution in [0.2, 0.25) is 0 Å². The van der Waals surface area contributed by atoms with Gasteiger partial charge in [-0.05, 0) is 50.1 Å². The number of phenolic OH excluding ortho intramolecular Hbond substituents is 1. The van der Waals surface area contributed by atoms with Crippen molar-refractivity contribution in [3.05, 3.63) is 70.6 Å². The first-order chi connectivity index (χ1) is 13.3. The van der Waals surface area contributed by atoms with E-state index in [4.69, 9.17) is 0 Å². The molecule has 0 saturated heterocycles. The number of carbonyl (C=O) groups is 2. The van der Waals surface area contributed by atoms with Gasteiger partial charge in [0.2, 0.25) is 0 Å². The number of hydrogen-bond acceptors (Lipinski definition) is 4. The predicted molar refractivity (Wildman–Crippen MR) is 112 cm³/mol. The van der Waals surface area contributed by atoms with Crippen molar-refractivity contribution in [3.63, 3.8) is 0 Å². The van der Waals surface area contributed by atoms with Gasteiger partial charge in [0.15, 0.2) is 0 Å². The second-order valence-electron chi connectivity index (χ2n) is 6.79. The van der Waals surface area contributed by atoms with E-state index in [2.05, 4.69) is 0 Å². The summed E-state index contributed by atoms with van der Waals surface area (Å²) in [5.74, 6) is -1.65. The molecule has 0 bridgehead atoms. The maximum Gasteiger partial charge on any atom is 0.348 e. The van der Waals surface area contributed by atoms with Crippen LogP contribution in [0.25, 0.3) is 10.4 Å². The van der Waals surface area contributed by atoms with E-state index in [1.165, 1.54) is 11.0 Å². The van der Waals surface area contributed by atoms with Gasteiger partial charge in [0.25, 0.3) is 5.91 Å². The number of amides is 1. The van der Waals surface area contributed by atoms with Crippen LogP contribution in [0.5, 0.6) is 5.75 Å². The number of thiophene rings is 1. The second-order valence-corrected chi connectivity index (χ2v) is 7.84. The number of phenols is 1. The summed E-state index contributed by atoms with van der Waals surface area (Å²) in [4.78, 5) is 27.4. The first kappa shape index (κ1) is 19.6. The highest BCUT2D eigenvalue weighted by Crippen LogP contribution is 2.38. The Morgan fingerprint density at radius 2 is 1.71 bits per heavy atom. The Balaban J connectivity index is 2.13. The zero-order chi connectivity index (χ0) is 20.4. The first-order valence-electron chi connectivity index (χ1n) is 8.85. The molecule has 0 unspecified atom stereocenters. The van der Waals surface area contributed by atoms with Crippen molar-refractivity contribution < 1.29 is 19.8 Å². The lowest BCUT2D eigenvalue weighted by molar-refractivity contribution is 0.0703. The fraction of sp³-hybridized carbons (Fsp3) is 0.182. The third kappa shape index (κ3) is 3.77. The Hall–Kier alpha value is -3.12. The average molecular weight is 395 g/mol. The summed E-state index contributed by atoms with van der Waals surface area (Å²) in [5, 5.41) is 20.0. The molecule has 0 aliphatic carbocycles. The van der Waals surface area contributed by atoms with Crippen LogP contribution in [0.1, 0.15) is 39.4 Å². The number of anilines is 1. The predicted octanol–water partition coefficient (Wildman–Crippen LogP) is 5.18. The van der Waals surface area contributed by atoms with E-state index in [1.807, 2.05) is 51.1 Å². The molecule has 1 heterocycles. The number of nitrogens with zero attached hydrogens (tertiary/aromatic N) is 1. The molecule has 28 heavy (non-hydrogen) atoms.